The van der Waals surface area contributed by atoms with Crippen LogP contribution in [0.4, 0.5) is 18.9 Å². The maximum Gasteiger partial charge on any atom is 0.416 e. The average Bonchev–Trinajstić information content (AvgIpc) is 3.57. The molecule has 0 saturated carbocycles. The van der Waals surface area contributed by atoms with Gasteiger partial charge >= 0.3 is 12.1 Å². The summed E-state index contributed by atoms with van der Waals surface area (Å²) in [6.45, 7) is 0.509. The summed E-state index contributed by atoms with van der Waals surface area (Å²) in [5.41, 5.74) is 1.04. The Hall–Kier alpha value is -4.77. The van der Waals surface area contributed by atoms with E-state index in [9.17, 15) is 32.7 Å². The number of nitrogens with one attached hydrogen (secondary N) is 2. The predicted molar refractivity (Wildman–Crippen MR) is 135 cm³/mol. The van der Waals surface area contributed by atoms with Crippen LogP contribution in [0.15, 0.2) is 79.1 Å². The van der Waals surface area contributed by atoms with Gasteiger partial charge in [-0.15, -0.1) is 0 Å². The number of aromatic nitrogens is 2. The third-order valence-electron chi connectivity index (χ3n) is 6.45. The number of benzene rings is 3. The van der Waals surface area contributed by atoms with Crippen LogP contribution in [-0.2, 0) is 24.1 Å². The highest BCUT2D eigenvalue weighted by Gasteiger charge is 2.31. The van der Waals surface area contributed by atoms with Crippen molar-refractivity contribution in [1.29, 1.82) is 0 Å². The molecular weight excluding hydrogens is 513 g/mol. The first-order valence-corrected chi connectivity index (χ1v) is 11.8. The number of halogens is 3. The normalized spacial score (nSPS) is 14.6. The van der Waals surface area contributed by atoms with Crippen LogP contribution >= 0.6 is 0 Å². The SMILES string of the molecule is O=C(O)c1cccc(C(=O)Nc2ccc3c(c2)CNC3C(=O)Cn2cccn2)c1-c1ccc(C(F)(F)F)cc1. The summed E-state index contributed by atoms with van der Waals surface area (Å²) in [7, 11) is 0. The van der Waals surface area contributed by atoms with Crippen LogP contribution in [-0.4, -0.2) is 32.5 Å². The smallest absolute Gasteiger partial charge is 0.416 e. The van der Waals surface area contributed by atoms with E-state index in [1.807, 2.05) is 0 Å². The number of amides is 1. The molecule has 0 aliphatic carbocycles. The van der Waals surface area contributed by atoms with Gasteiger partial charge < -0.3 is 10.4 Å². The first-order chi connectivity index (χ1) is 18.6. The number of aromatic carboxylic acids is 1. The number of hydrogen-bond donors (Lipinski definition) is 3. The summed E-state index contributed by atoms with van der Waals surface area (Å²) in [5.74, 6) is -2.03. The molecule has 0 spiro atoms. The lowest BCUT2D eigenvalue weighted by Crippen LogP contribution is -2.25. The second kappa shape index (κ2) is 10.2. The standard InChI is InChI=1S/C28H21F3N4O4/c29-28(30,31)18-7-5-16(6-8-18)24-21(3-1-4-22(24)27(38)39)26(37)34-19-9-10-20-17(13-19)14-32-25(20)23(36)15-35-12-2-11-33-35/h1-13,25,32H,14-15H2,(H,34,37)(H,38,39). The molecule has 3 N–H and O–H groups in total. The Balaban J connectivity index is 1.41. The third-order valence-corrected chi connectivity index (χ3v) is 6.45. The van der Waals surface area contributed by atoms with Crippen LogP contribution < -0.4 is 10.6 Å². The van der Waals surface area contributed by atoms with Crippen molar-refractivity contribution in [3.63, 3.8) is 0 Å². The van der Waals surface area contributed by atoms with Crippen molar-refractivity contribution in [2.45, 2.75) is 25.3 Å². The molecule has 0 saturated heterocycles. The van der Waals surface area contributed by atoms with E-state index >= 15 is 0 Å². The van der Waals surface area contributed by atoms with Gasteiger partial charge in [0.25, 0.3) is 5.91 Å². The van der Waals surface area contributed by atoms with E-state index in [1.165, 1.54) is 22.9 Å². The van der Waals surface area contributed by atoms with Crippen molar-refractivity contribution in [1.82, 2.24) is 15.1 Å². The van der Waals surface area contributed by atoms with Crippen LogP contribution in [0.3, 0.4) is 0 Å². The number of fused-ring (bicyclic) bond motifs is 1. The monoisotopic (exact) mass is 534 g/mol. The molecule has 0 fully saturated rings. The molecule has 2 heterocycles. The quantitative estimate of drug-likeness (QED) is 0.310. The number of nitrogens with zero attached hydrogens (tertiary/aromatic N) is 2. The van der Waals surface area contributed by atoms with Crippen LogP contribution in [0.5, 0.6) is 0 Å². The van der Waals surface area contributed by atoms with E-state index in [0.717, 1.165) is 35.4 Å². The largest absolute Gasteiger partial charge is 0.478 e. The van der Waals surface area contributed by atoms with Crippen molar-refractivity contribution >= 4 is 23.3 Å². The molecule has 5 rings (SSSR count). The molecule has 39 heavy (non-hydrogen) atoms. The minimum absolute atomic E-state index is 0.00309. The third kappa shape index (κ3) is 5.30. The fourth-order valence-corrected chi connectivity index (χ4v) is 4.63. The molecule has 0 bridgehead atoms. The maximum atomic E-state index is 13.3. The number of alkyl halides is 3. The molecule has 8 nitrogen and oxygen atoms in total. The number of carbonyl (C=O) groups excluding carboxylic acids is 2. The van der Waals surface area contributed by atoms with Crippen LogP contribution in [0.1, 0.15) is 43.4 Å². The van der Waals surface area contributed by atoms with E-state index in [1.54, 1.807) is 36.7 Å². The summed E-state index contributed by atoms with van der Waals surface area (Å²) in [6, 6.07) is 14.4. The minimum Gasteiger partial charge on any atom is -0.478 e. The lowest BCUT2D eigenvalue weighted by Gasteiger charge is -2.15. The van der Waals surface area contributed by atoms with Gasteiger partial charge in [-0.25, -0.2) is 4.79 Å². The Morgan fingerprint density at radius 1 is 1.03 bits per heavy atom. The zero-order valence-corrected chi connectivity index (χ0v) is 20.2. The molecule has 3 aromatic carbocycles. The van der Waals surface area contributed by atoms with E-state index in [4.69, 9.17) is 0 Å². The molecule has 198 valence electrons. The summed E-state index contributed by atoms with van der Waals surface area (Å²) >= 11 is 0. The zero-order valence-electron chi connectivity index (χ0n) is 20.2. The zero-order chi connectivity index (χ0) is 27.7. The number of carboxylic acids is 1. The Kier molecular flexibility index (Phi) is 6.75. The molecule has 11 heteroatoms. The van der Waals surface area contributed by atoms with Crippen molar-refractivity contribution in [2.24, 2.45) is 0 Å². The Labute approximate surface area is 220 Å². The van der Waals surface area contributed by atoms with Crippen molar-refractivity contribution in [2.75, 3.05) is 5.32 Å². The number of carbonyl (C=O) groups is 3. The molecule has 1 atom stereocenters. The van der Waals surface area contributed by atoms with Crippen molar-refractivity contribution in [3.8, 4) is 11.1 Å². The molecule has 4 aromatic rings. The Morgan fingerprint density at radius 3 is 2.44 bits per heavy atom. The summed E-state index contributed by atoms with van der Waals surface area (Å²) in [4.78, 5) is 38.0. The Morgan fingerprint density at radius 2 is 1.77 bits per heavy atom. The number of ketones is 1. The van der Waals surface area contributed by atoms with Crippen LogP contribution in [0.25, 0.3) is 11.1 Å². The van der Waals surface area contributed by atoms with Crippen molar-refractivity contribution in [3.05, 3.63) is 107 Å². The van der Waals surface area contributed by atoms with E-state index in [0.29, 0.717) is 12.2 Å². The predicted octanol–water partition coefficient (Wildman–Crippen LogP) is 4.93. The van der Waals surface area contributed by atoms with Gasteiger partial charge in [0.05, 0.1) is 17.2 Å². The minimum atomic E-state index is -4.56. The number of rotatable bonds is 7. The number of hydrogen-bond acceptors (Lipinski definition) is 5. The fourth-order valence-electron chi connectivity index (χ4n) is 4.63. The van der Waals surface area contributed by atoms with Gasteiger partial charge in [0.1, 0.15) is 6.54 Å². The lowest BCUT2D eigenvalue weighted by atomic mass is 9.93. The van der Waals surface area contributed by atoms with E-state index < -0.39 is 29.7 Å². The molecule has 0 radical (unpaired) electrons. The molecule has 1 aromatic heterocycles. The average molecular weight is 534 g/mol. The summed E-state index contributed by atoms with van der Waals surface area (Å²) in [5, 5.41) is 19.7. The Bertz CT molecular complexity index is 1560. The second-order valence-electron chi connectivity index (χ2n) is 8.96. The summed E-state index contributed by atoms with van der Waals surface area (Å²) < 4.78 is 40.7. The fraction of sp³-hybridized carbons (Fsp3) is 0.143. The maximum absolute atomic E-state index is 13.3. The highest BCUT2D eigenvalue weighted by Crippen LogP contribution is 2.34. The number of Topliss-reactive ketones (excluding diaryl/α,β-unsaturated/α-hetero) is 1. The van der Waals surface area contributed by atoms with Crippen LogP contribution in [0, 0.1) is 0 Å². The van der Waals surface area contributed by atoms with Gasteiger partial charge in [0.15, 0.2) is 5.78 Å². The molecule has 1 aliphatic heterocycles. The summed E-state index contributed by atoms with van der Waals surface area (Å²) in [6.07, 6.45) is -1.27. The number of carboxylic acid groups (broad SMARTS) is 1. The lowest BCUT2D eigenvalue weighted by molar-refractivity contribution is -0.137. The van der Waals surface area contributed by atoms with E-state index in [-0.39, 0.29) is 34.6 Å². The van der Waals surface area contributed by atoms with Gasteiger partial charge in [-0.05, 0) is 59.2 Å². The molecule has 1 aliphatic rings. The second-order valence-corrected chi connectivity index (χ2v) is 8.96. The number of anilines is 1. The van der Waals surface area contributed by atoms with Gasteiger partial charge in [0, 0.05) is 35.8 Å². The van der Waals surface area contributed by atoms with Crippen molar-refractivity contribution < 1.29 is 32.7 Å². The molecule has 1 amide bonds. The first-order valence-electron chi connectivity index (χ1n) is 11.8. The molecular formula is C28H21F3N4O4. The van der Waals surface area contributed by atoms with Crippen LogP contribution in [0.2, 0.25) is 0 Å². The first kappa shape index (κ1) is 25.9. The van der Waals surface area contributed by atoms with Gasteiger partial charge in [0.2, 0.25) is 0 Å². The topological polar surface area (TPSA) is 113 Å². The molecule has 1 unspecified atom stereocenters. The highest BCUT2D eigenvalue weighted by molar-refractivity contribution is 6.12. The van der Waals surface area contributed by atoms with Gasteiger partial charge in [-0.1, -0.05) is 24.3 Å². The van der Waals surface area contributed by atoms with Gasteiger partial charge in [-0.2, -0.15) is 18.3 Å². The highest BCUT2D eigenvalue weighted by atomic mass is 19.4. The van der Waals surface area contributed by atoms with Gasteiger partial charge in [-0.3, -0.25) is 19.6 Å². The van der Waals surface area contributed by atoms with E-state index in [2.05, 4.69) is 15.7 Å².